The topological polar surface area (TPSA) is 59.3 Å². The summed E-state index contributed by atoms with van der Waals surface area (Å²) < 4.78 is 1.38. The number of fused-ring (bicyclic) bond motifs is 1. The lowest BCUT2D eigenvalue weighted by Gasteiger charge is -2.13. The van der Waals surface area contributed by atoms with E-state index in [9.17, 15) is 14.7 Å². The molecule has 0 saturated heterocycles. The molecule has 1 aromatic carbocycles. The first kappa shape index (κ1) is 14.3. The Morgan fingerprint density at radius 3 is 2.60 bits per heavy atom. The number of carboxylic acid groups (broad SMARTS) is 1. The summed E-state index contributed by atoms with van der Waals surface area (Å²) in [6.45, 7) is 6.46. The van der Waals surface area contributed by atoms with Gasteiger partial charge >= 0.3 is 5.97 Å². The van der Waals surface area contributed by atoms with Gasteiger partial charge in [0.15, 0.2) is 0 Å². The largest absolute Gasteiger partial charge is 0.477 e. The summed E-state index contributed by atoms with van der Waals surface area (Å²) in [5.41, 5.74) is 0.850. The maximum absolute atomic E-state index is 12.5. The summed E-state index contributed by atoms with van der Waals surface area (Å²) >= 11 is 0. The average molecular weight is 273 g/mol. The van der Waals surface area contributed by atoms with Crippen LogP contribution in [0, 0.1) is 12.8 Å². The van der Waals surface area contributed by atoms with Gasteiger partial charge in [-0.3, -0.25) is 4.79 Å². The van der Waals surface area contributed by atoms with Crippen LogP contribution in [0.1, 0.15) is 36.3 Å². The van der Waals surface area contributed by atoms with E-state index in [0.717, 1.165) is 12.0 Å². The van der Waals surface area contributed by atoms with Crippen molar-refractivity contribution in [2.24, 2.45) is 5.92 Å². The van der Waals surface area contributed by atoms with Gasteiger partial charge in [-0.25, -0.2) is 4.79 Å². The molecule has 2 aromatic rings. The number of hydrogen-bond donors (Lipinski definition) is 1. The molecular weight excluding hydrogens is 254 g/mol. The summed E-state index contributed by atoms with van der Waals surface area (Å²) in [5.74, 6) is -0.647. The Bertz CT molecular complexity index is 713. The lowest BCUT2D eigenvalue weighted by molar-refractivity contribution is 0.0683. The molecule has 0 aliphatic rings. The molecule has 0 radical (unpaired) electrons. The highest BCUT2D eigenvalue weighted by Crippen LogP contribution is 2.15. The Morgan fingerprint density at radius 1 is 1.30 bits per heavy atom. The summed E-state index contributed by atoms with van der Waals surface area (Å²) in [4.78, 5) is 23.9. The zero-order chi connectivity index (χ0) is 14.9. The van der Waals surface area contributed by atoms with Crippen LogP contribution in [-0.4, -0.2) is 15.6 Å². The molecule has 4 nitrogen and oxygen atoms in total. The van der Waals surface area contributed by atoms with Gasteiger partial charge in [0.05, 0.1) is 0 Å². The second-order valence-corrected chi connectivity index (χ2v) is 5.56. The lowest BCUT2D eigenvalue weighted by Crippen LogP contribution is -2.26. The molecule has 1 N–H and O–H groups in total. The van der Waals surface area contributed by atoms with Gasteiger partial charge < -0.3 is 9.67 Å². The third kappa shape index (κ3) is 2.74. The van der Waals surface area contributed by atoms with Gasteiger partial charge in [0, 0.05) is 11.9 Å². The predicted molar refractivity (Wildman–Crippen MR) is 79.4 cm³/mol. The highest BCUT2D eigenvalue weighted by Gasteiger charge is 2.14. The van der Waals surface area contributed by atoms with Crippen molar-refractivity contribution in [3.05, 3.63) is 45.9 Å². The number of benzene rings is 1. The van der Waals surface area contributed by atoms with E-state index in [1.54, 1.807) is 12.1 Å². The van der Waals surface area contributed by atoms with Crippen LogP contribution < -0.4 is 5.56 Å². The fourth-order valence-corrected chi connectivity index (χ4v) is 2.26. The molecule has 0 bridgehead atoms. The molecule has 4 heteroatoms. The Labute approximate surface area is 117 Å². The van der Waals surface area contributed by atoms with E-state index >= 15 is 0 Å². The fourth-order valence-electron chi connectivity index (χ4n) is 2.26. The molecule has 0 atom stereocenters. The Kier molecular flexibility index (Phi) is 3.93. The predicted octanol–water partition coefficient (Wildman–Crippen LogP) is 3.05. The molecule has 106 valence electrons. The fraction of sp³-hybridized carbons (Fsp3) is 0.375. The highest BCUT2D eigenvalue weighted by molar-refractivity contribution is 5.92. The van der Waals surface area contributed by atoms with Gasteiger partial charge in [-0.05, 0) is 36.8 Å². The van der Waals surface area contributed by atoms with Crippen molar-refractivity contribution in [3.8, 4) is 0 Å². The molecule has 0 aliphatic heterocycles. The molecule has 1 aromatic heterocycles. The summed E-state index contributed by atoms with van der Waals surface area (Å²) in [7, 11) is 0. The standard InChI is InChI=1S/C16H19NO3/c1-10(2)6-7-17-14(16(19)20)9-12-8-11(3)4-5-13(12)15(17)18/h4-5,8-10H,6-7H2,1-3H3,(H,19,20). The third-order valence-corrected chi connectivity index (χ3v) is 3.41. The van der Waals surface area contributed by atoms with Gasteiger partial charge in [0.25, 0.3) is 5.56 Å². The van der Waals surface area contributed by atoms with Gasteiger partial charge in [-0.1, -0.05) is 31.5 Å². The molecule has 20 heavy (non-hydrogen) atoms. The number of aryl methyl sites for hydroxylation is 1. The number of pyridine rings is 1. The van der Waals surface area contributed by atoms with Crippen LogP contribution >= 0.6 is 0 Å². The number of nitrogens with zero attached hydrogens (tertiary/aromatic N) is 1. The highest BCUT2D eigenvalue weighted by atomic mass is 16.4. The molecule has 0 aliphatic carbocycles. The van der Waals surface area contributed by atoms with Crippen molar-refractivity contribution in [2.45, 2.75) is 33.7 Å². The first-order chi connectivity index (χ1) is 9.40. The lowest BCUT2D eigenvalue weighted by atomic mass is 10.1. The molecular formula is C16H19NO3. The van der Waals surface area contributed by atoms with Crippen molar-refractivity contribution >= 4 is 16.7 Å². The average Bonchev–Trinajstić information content (AvgIpc) is 2.36. The van der Waals surface area contributed by atoms with Crippen molar-refractivity contribution < 1.29 is 9.90 Å². The van der Waals surface area contributed by atoms with Crippen LogP contribution in [0.15, 0.2) is 29.1 Å². The molecule has 0 unspecified atom stereocenters. The van der Waals surface area contributed by atoms with Crippen molar-refractivity contribution in [1.29, 1.82) is 0 Å². The van der Waals surface area contributed by atoms with E-state index in [-0.39, 0.29) is 11.3 Å². The zero-order valence-corrected chi connectivity index (χ0v) is 12.0. The van der Waals surface area contributed by atoms with Crippen LogP contribution in [0.4, 0.5) is 0 Å². The van der Waals surface area contributed by atoms with Crippen molar-refractivity contribution in [2.75, 3.05) is 0 Å². The number of rotatable bonds is 4. The maximum atomic E-state index is 12.5. The third-order valence-electron chi connectivity index (χ3n) is 3.41. The van der Waals surface area contributed by atoms with Crippen LogP contribution in [-0.2, 0) is 6.54 Å². The summed E-state index contributed by atoms with van der Waals surface area (Å²) in [6.07, 6.45) is 0.775. The maximum Gasteiger partial charge on any atom is 0.352 e. The number of aromatic carboxylic acids is 1. The second kappa shape index (κ2) is 5.49. The van der Waals surface area contributed by atoms with E-state index in [2.05, 4.69) is 13.8 Å². The number of carboxylic acids is 1. The monoisotopic (exact) mass is 273 g/mol. The van der Waals surface area contributed by atoms with E-state index in [1.807, 2.05) is 19.1 Å². The SMILES string of the molecule is Cc1ccc2c(=O)n(CCC(C)C)c(C(=O)O)cc2c1. The minimum Gasteiger partial charge on any atom is -0.477 e. The molecule has 1 heterocycles. The van der Waals surface area contributed by atoms with E-state index in [1.165, 1.54) is 4.57 Å². The first-order valence-electron chi connectivity index (χ1n) is 6.77. The Morgan fingerprint density at radius 2 is 2.00 bits per heavy atom. The molecule has 0 fully saturated rings. The second-order valence-electron chi connectivity index (χ2n) is 5.56. The van der Waals surface area contributed by atoms with E-state index in [0.29, 0.717) is 23.2 Å². The summed E-state index contributed by atoms with van der Waals surface area (Å²) in [5, 5.41) is 10.6. The zero-order valence-electron chi connectivity index (χ0n) is 12.0. The number of aromatic nitrogens is 1. The first-order valence-corrected chi connectivity index (χ1v) is 6.77. The van der Waals surface area contributed by atoms with Crippen LogP contribution in [0.3, 0.4) is 0 Å². The van der Waals surface area contributed by atoms with Crippen LogP contribution in [0.25, 0.3) is 10.8 Å². The molecule has 0 spiro atoms. The van der Waals surface area contributed by atoms with Gasteiger partial charge in [0.2, 0.25) is 0 Å². The van der Waals surface area contributed by atoms with E-state index in [4.69, 9.17) is 0 Å². The van der Waals surface area contributed by atoms with E-state index < -0.39 is 5.97 Å². The Hall–Kier alpha value is -2.10. The smallest absolute Gasteiger partial charge is 0.352 e. The summed E-state index contributed by atoms with van der Waals surface area (Å²) in [6, 6.07) is 7.07. The minimum atomic E-state index is -1.06. The van der Waals surface area contributed by atoms with Crippen LogP contribution in [0.5, 0.6) is 0 Å². The van der Waals surface area contributed by atoms with Gasteiger partial charge in [-0.2, -0.15) is 0 Å². The molecule has 2 rings (SSSR count). The van der Waals surface area contributed by atoms with Gasteiger partial charge in [0.1, 0.15) is 5.69 Å². The normalized spacial score (nSPS) is 11.2. The number of carbonyl (C=O) groups is 1. The molecule has 0 amide bonds. The Balaban J connectivity index is 2.67. The number of hydrogen-bond acceptors (Lipinski definition) is 2. The quantitative estimate of drug-likeness (QED) is 0.931. The van der Waals surface area contributed by atoms with Crippen molar-refractivity contribution in [1.82, 2.24) is 4.57 Å². The van der Waals surface area contributed by atoms with Crippen LogP contribution in [0.2, 0.25) is 0 Å². The van der Waals surface area contributed by atoms with Crippen molar-refractivity contribution in [3.63, 3.8) is 0 Å². The minimum absolute atomic E-state index is 0.0637. The molecule has 0 saturated carbocycles. The van der Waals surface area contributed by atoms with Gasteiger partial charge in [-0.15, -0.1) is 0 Å².